The van der Waals surface area contributed by atoms with Crippen LogP contribution in [0.1, 0.15) is 36.1 Å². The average Bonchev–Trinajstić information content (AvgIpc) is 2.61. The van der Waals surface area contributed by atoms with E-state index in [0.29, 0.717) is 5.57 Å². The maximum absolute atomic E-state index is 9.97. The van der Waals surface area contributed by atoms with E-state index in [0.717, 1.165) is 17.7 Å². The van der Waals surface area contributed by atoms with E-state index < -0.39 is 0 Å². The molecule has 134 valence electrons. The largest absolute Gasteiger partial charge is 0.508 e. The molecule has 0 amide bonds. The molecule has 0 radical (unpaired) electrons. The molecule has 2 heteroatoms. The van der Waals surface area contributed by atoms with Crippen molar-refractivity contribution in [3.63, 3.8) is 0 Å². The predicted molar refractivity (Wildman–Crippen MR) is 111 cm³/mol. The van der Waals surface area contributed by atoms with Gasteiger partial charge in [0.2, 0.25) is 0 Å². The van der Waals surface area contributed by atoms with Crippen LogP contribution in [0.2, 0.25) is 0 Å². The number of hydrogen-bond donors (Lipinski definition) is 1. The number of aliphatic hydroxyl groups is 1. The minimum absolute atomic E-state index is 0.0602. The van der Waals surface area contributed by atoms with Gasteiger partial charge in [-0.25, -0.2) is 0 Å². The lowest BCUT2D eigenvalue weighted by Crippen LogP contribution is -2.38. The first-order valence-corrected chi connectivity index (χ1v) is 9.03. The van der Waals surface area contributed by atoms with E-state index in [1.165, 1.54) is 27.8 Å². The maximum atomic E-state index is 9.97. The van der Waals surface area contributed by atoms with Crippen molar-refractivity contribution in [2.75, 3.05) is 0 Å². The molecular weight excluding hydrogens is 318 g/mol. The van der Waals surface area contributed by atoms with Crippen molar-refractivity contribution in [2.24, 2.45) is 0 Å². The molecule has 0 saturated carbocycles. The van der Waals surface area contributed by atoms with Crippen molar-refractivity contribution in [1.82, 2.24) is 4.90 Å². The Morgan fingerprint density at radius 1 is 1.31 bits per heavy atom. The van der Waals surface area contributed by atoms with Gasteiger partial charge in [0, 0.05) is 23.0 Å². The molecule has 0 spiro atoms. The lowest BCUT2D eigenvalue weighted by atomic mass is 9.82. The van der Waals surface area contributed by atoms with Crippen LogP contribution < -0.4 is 0 Å². The number of aryl methyl sites for hydroxylation is 1. The molecule has 1 aromatic carbocycles. The second-order valence-electron chi connectivity index (χ2n) is 7.14. The fraction of sp³-hybridized carbons (Fsp3) is 0.250. The molecule has 0 saturated heterocycles. The molecule has 26 heavy (non-hydrogen) atoms. The van der Waals surface area contributed by atoms with E-state index in [2.05, 4.69) is 69.2 Å². The van der Waals surface area contributed by atoms with Crippen LogP contribution in [0.15, 0.2) is 78.3 Å². The van der Waals surface area contributed by atoms with Crippen LogP contribution in [0.4, 0.5) is 0 Å². The molecule has 0 bridgehead atoms. The summed E-state index contributed by atoms with van der Waals surface area (Å²) >= 11 is 0. The monoisotopic (exact) mass is 345 g/mol. The Labute approximate surface area is 156 Å². The summed E-state index contributed by atoms with van der Waals surface area (Å²) in [7, 11) is 0. The van der Waals surface area contributed by atoms with Gasteiger partial charge < -0.3 is 10.0 Å². The SMILES string of the molecule is C=C(O)C1=CN2C(=CC1=C)c1ccc(C)c(C)c1CC2/C(C)=C/C=C\C. The van der Waals surface area contributed by atoms with E-state index in [1.54, 1.807) is 0 Å². The van der Waals surface area contributed by atoms with Gasteiger partial charge in [0.05, 0.1) is 6.04 Å². The normalized spacial score (nSPS) is 19.8. The number of rotatable bonds is 3. The molecule has 2 heterocycles. The van der Waals surface area contributed by atoms with Crippen LogP contribution in [-0.4, -0.2) is 16.0 Å². The summed E-state index contributed by atoms with van der Waals surface area (Å²) in [4.78, 5) is 2.26. The Morgan fingerprint density at radius 3 is 2.69 bits per heavy atom. The first-order valence-electron chi connectivity index (χ1n) is 9.03. The minimum atomic E-state index is 0.0602. The standard InChI is InChI=1S/C24H27NO/c1-7-8-9-16(3)23-13-21-18(5)15(2)10-11-20(21)24-12-17(4)22(19(6)26)14-25(23)24/h7-12,14,23,26H,4,6,13H2,1-3,5H3/b8-7-,16-9+. The summed E-state index contributed by atoms with van der Waals surface area (Å²) in [6, 6.07) is 4.59. The summed E-state index contributed by atoms with van der Waals surface area (Å²) in [5.74, 6) is 0.0602. The third-order valence-electron chi connectivity index (χ3n) is 5.47. The van der Waals surface area contributed by atoms with E-state index in [1.807, 2.05) is 19.2 Å². The number of benzene rings is 1. The third kappa shape index (κ3) is 2.96. The van der Waals surface area contributed by atoms with E-state index in [4.69, 9.17) is 0 Å². The Hall–Kier alpha value is -2.74. The fourth-order valence-electron chi connectivity index (χ4n) is 3.75. The Balaban J connectivity index is 2.21. The molecule has 3 rings (SSSR count). The van der Waals surface area contributed by atoms with Crippen molar-refractivity contribution in [1.29, 1.82) is 0 Å². The highest BCUT2D eigenvalue weighted by atomic mass is 16.3. The summed E-state index contributed by atoms with van der Waals surface area (Å²) in [6.07, 6.45) is 11.3. The van der Waals surface area contributed by atoms with Crippen LogP contribution >= 0.6 is 0 Å². The van der Waals surface area contributed by atoms with Gasteiger partial charge in [0.15, 0.2) is 0 Å². The highest BCUT2D eigenvalue weighted by Gasteiger charge is 2.33. The molecule has 0 aromatic heterocycles. The van der Waals surface area contributed by atoms with Gasteiger partial charge in [-0.3, -0.25) is 0 Å². The lowest BCUT2D eigenvalue weighted by molar-refractivity contribution is 0.391. The smallest absolute Gasteiger partial charge is 0.117 e. The van der Waals surface area contributed by atoms with Crippen molar-refractivity contribution < 1.29 is 5.11 Å². The molecule has 1 unspecified atom stereocenters. The Morgan fingerprint density at radius 2 is 2.04 bits per heavy atom. The molecule has 2 aliphatic heterocycles. The lowest BCUT2D eigenvalue weighted by Gasteiger charge is -2.42. The van der Waals surface area contributed by atoms with Crippen LogP contribution in [-0.2, 0) is 6.42 Å². The molecular formula is C24H27NO. The van der Waals surface area contributed by atoms with Crippen LogP contribution in [0, 0.1) is 13.8 Å². The highest BCUT2D eigenvalue weighted by Crippen LogP contribution is 2.41. The number of hydrogen-bond acceptors (Lipinski definition) is 2. The molecule has 0 aliphatic carbocycles. The van der Waals surface area contributed by atoms with E-state index in [9.17, 15) is 5.11 Å². The van der Waals surface area contributed by atoms with Crippen LogP contribution in [0.5, 0.6) is 0 Å². The third-order valence-corrected chi connectivity index (χ3v) is 5.47. The van der Waals surface area contributed by atoms with Gasteiger partial charge >= 0.3 is 0 Å². The van der Waals surface area contributed by atoms with Gasteiger partial charge in [-0.1, -0.05) is 49.1 Å². The minimum Gasteiger partial charge on any atom is -0.508 e. The highest BCUT2D eigenvalue weighted by molar-refractivity contribution is 5.78. The van der Waals surface area contributed by atoms with Crippen molar-refractivity contribution in [2.45, 2.75) is 40.2 Å². The molecule has 1 N–H and O–H groups in total. The second kappa shape index (κ2) is 6.87. The van der Waals surface area contributed by atoms with Crippen molar-refractivity contribution >= 4 is 5.70 Å². The van der Waals surface area contributed by atoms with Gasteiger partial charge in [0.25, 0.3) is 0 Å². The number of nitrogens with zero attached hydrogens (tertiary/aromatic N) is 1. The predicted octanol–water partition coefficient (Wildman–Crippen LogP) is 5.92. The summed E-state index contributed by atoms with van der Waals surface area (Å²) in [6.45, 7) is 16.4. The summed E-state index contributed by atoms with van der Waals surface area (Å²) < 4.78 is 0. The summed E-state index contributed by atoms with van der Waals surface area (Å²) in [5, 5.41) is 9.97. The molecule has 2 nitrogen and oxygen atoms in total. The fourth-order valence-corrected chi connectivity index (χ4v) is 3.75. The van der Waals surface area contributed by atoms with Gasteiger partial charge in [0.1, 0.15) is 5.76 Å². The van der Waals surface area contributed by atoms with Gasteiger partial charge in [-0.15, -0.1) is 0 Å². The average molecular weight is 345 g/mol. The first-order chi connectivity index (χ1) is 12.3. The van der Waals surface area contributed by atoms with Crippen LogP contribution in [0.3, 0.4) is 0 Å². The van der Waals surface area contributed by atoms with E-state index >= 15 is 0 Å². The molecule has 1 atom stereocenters. The number of aliphatic hydroxyl groups excluding tert-OH is 1. The van der Waals surface area contributed by atoms with E-state index in [-0.39, 0.29) is 11.8 Å². The number of fused-ring (bicyclic) bond motifs is 3. The quantitative estimate of drug-likeness (QED) is 0.543. The zero-order valence-electron chi connectivity index (χ0n) is 16.1. The zero-order valence-corrected chi connectivity index (χ0v) is 16.1. The zero-order chi connectivity index (χ0) is 19.0. The Bertz CT molecular complexity index is 908. The number of allylic oxidation sites excluding steroid dienone is 5. The molecule has 1 aromatic rings. The molecule has 0 fully saturated rings. The van der Waals surface area contributed by atoms with Gasteiger partial charge in [-0.2, -0.15) is 0 Å². The van der Waals surface area contributed by atoms with Crippen LogP contribution in [0.25, 0.3) is 5.70 Å². The summed E-state index contributed by atoms with van der Waals surface area (Å²) in [5.41, 5.74) is 9.25. The second-order valence-corrected chi connectivity index (χ2v) is 7.14. The van der Waals surface area contributed by atoms with Crippen molar-refractivity contribution in [3.05, 3.63) is 101 Å². The van der Waals surface area contributed by atoms with Gasteiger partial charge in [-0.05, 0) is 62.5 Å². The first kappa shape index (κ1) is 18.1. The topological polar surface area (TPSA) is 23.5 Å². The van der Waals surface area contributed by atoms with Crippen molar-refractivity contribution in [3.8, 4) is 0 Å². The maximum Gasteiger partial charge on any atom is 0.117 e. The Kier molecular flexibility index (Phi) is 4.78. The molecule has 2 aliphatic rings.